The lowest BCUT2D eigenvalue weighted by Gasteiger charge is -2.11. The molecule has 0 aliphatic carbocycles. The number of benzene rings is 2. The van der Waals surface area contributed by atoms with Gasteiger partial charge < -0.3 is 0 Å². The van der Waals surface area contributed by atoms with E-state index in [9.17, 15) is 4.79 Å². The molecule has 2 aromatic carbocycles. The Labute approximate surface area is 128 Å². The molecule has 2 nitrogen and oxygen atoms in total. The summed E-state index contributed by atoms with van der Waals surface area (Å²) in [5, 5.41) is 0.614. The van der Waals surface area contributed by atoms with E-state index in [0.29, 0.717) is 11.4 Å². The second kappa shape index (κ2) is 5.55. The summed E-state index contributed by atoms with van der Waals surface area (Å²) >= 11 is 6.28. The minimum atomic E-state index is 0.0896. The van der Waals surface area contributed by atoms with Gasteiger partial charge in [0.1, 0.15) is 0 Å². The van der Waals surface area contributed by atoms with Crippen molar-refractivity contribution in [2.45, 2.75) is 6.42 Å². The van der Waals surface area contributed by atoms with Gasteiger partial charge in [-0.05, 0) is 23.8 Å². The lowest BCUT2D eigenvalue weighted by Crippen LogP contribution is -2.07. The summed E-state index contributed by atoms with van der Waals surface area (Å²) in [6, 6.07) is 13.1. The van der Waals surface area contributed by atoms with E-state index in [4.69, 9.17) is 18.0 Å². The van der Waals surface area contributed by atoms with Gasteiger partial charge in [0.25, 0.3) is 0 Å². The summed E-state index contributed by atoms with van der Waals surface area (Å²) in [7, 11) is 0. The average Bonchev–Trinajstić information content (AvgIpc) is 2.65. The zero-order valence-corrected chi connectivity index (χ0v) is 12.0. The highest BCUT2D eigenvalue weighted by Crippen LogP contribution is 2.25. The highest BCUT2D eigenvalue weighted by molar-refractivity contribution is 6.35. The standard InChI is InChI=1S/C18H12ClNO/c1-2-12-7-8-13-10-14(21)11-20-18(16(13)9-12)15-5-3-4-6-17(15)19/h1,3-9H,10-11H2. The summed E-state index contributed by atoms with van der Waals surface area (Å²) in [5.74, 6) is 2.71. The lowest BCUT2D eigenvalue weighted by molar-refractivity contribution is -0.117. The van der Waals surface area contributed by atoms with Gasteiger partial charge in [0.15, 0.2) is 5.78 Å². The van der Waals surface area contributed by atoms with Crippen LogP contribution in [-0.4, -0.2) is 18.0 Å². The van der Waals surface area contributed by atoms with Gasteiger partial charge in [-0.25, -0.2) is 0 Å². The molecular formula is C18H12ClNO. The highest BCUT2D eigenvalue weighted by Gasteiger charge is 2.20. The van der Waals surface area contributed by atoms with Crippen LogP contribution in [-0.2, 0) is 11.2 Å². The third kappa shape index (κ3) is 2.61. The van der Waals surface area contributed by atoms with Crippen LogP contribution in [0.2, 0.25) is 5.02 Å². The number of nitrogens with zero attached hydrogens (tertiary/aromatic N) is 1. The lowest BCUT2D eigenvalue weighted by atomic mass is 9.94. The first kappa shape index (κ1) is 13.6. The molecule has 0 saturated carbocycles. The van der Waals surface area contributed by atoms with Crippen molar-refractivity contribution in [3.8, 4) is 12.3 Å². The summed E-state index contributed by atoms with van der Waals surface area (Å²) in [4.78, 5) is 16.3. The Morgan fingerprint density at radius 1 is 1.14 bits per heavy atom. The fourth-order valence-corrected chi connectivity index (χ4v) is 2.67. The van der Waals surface area contributed by atoms with Crippen molar-refractivity contribution >= 4 is 23.1 Å². The average molecular weight is 294 g/mol. The van der Waals surface area contributed by atoms with Crippen molar-refractivity contribution in [1.29, 1.82) is 0 Å². The molecule has 0 atom stereocenters. The summed E-state index contributed by atoms with van der Waals surface area (Å²) in [6.45, 7) is 0.167. The van der Waals surface area contributed by atoms with Crippen LogP contribution in [0.1, 0.15) is 22.3 Å². The number of ketones is 1. The second-order valence-electron chi connectivity index (χ2n) is 4.88. The predicted octanol–water partition coefficient (Wildman–Crippen LogP) is 3.28. The summed E-state index contributed by atoms with van der Waals surface area (Å²) < 4.78 is 0. The Morgan fingerprint density at radius 2 is 1.95 bits per heavy atom. The number of hydrogen-bond donors (Lipinski definition) is 0. The van der Waals surface area contributed by atoms with E-state index in [1.165, 1.54) is 0 Å². The van der Waals surface area contributed by atoms with Gasteiger partial charge in [-0.1, -0.05) is 41.8 Å². The number of Topliss-reactive ketones (excluding diaryl/α,β-unsaturated/α-hetero) is 1. The van der Waals surface area contributed by atoms with Gasteiger partial charge in [-0.2, -0.15) is 0 Å². The molecule has 21 heavy (non-hydrogen) atoms. The van der Waals surface area contributed by atoms with Crippen LogP contribution in [0.4, 0.5) is 0 Å². The molecule has 0 fully saturated rings. The molecule has 0 bridgehead atoms. The van der Waals surface area contributed by atoms with Gasteiger partial charge in [-0.15, -0.1) is 6.42 Å². The Hall–Kier alpha value is -2.37. The number of carbonyl (C=O) groups is 1. The number of rotatable bonds is 1. The van der Waals surface area contributed by atoms with Crippen LogP contribution in [0.25, 0.3) is 0 Å². The van der Waals surface area contributed by atoms with E-state index in [1.54, 1.807) is 0 Å². The SMILES string of the molecule is C#Cc1ccc2c(c1)C(c1ccccc1Cl)=NCC(=O)C2. The molecule has 1 aliphatic heterocycles. The molecule has 1 heterocycles. The van der Waals surface area contributed by atoms with Crippen LogP contribution in [0.15, 0.2) is 47.5 Å². The van der Waals surface area contributed by atoms with Gasteiger partial charge in [-0.3, -0.25) is 9.79 Å². The normalized spacial score (nSPS) is 13.9. The van der Waals surface area contributed by atoms with Crippen molar-refractivity contribution in [2.24, 2.45) is 4.99 Å². The highest BCUT2D eigenvalue weighted by atomic mass is 35.5. The van der Waals surface area contributed by atoms with E-state index in [2.05, 4.69) is 10.9 Å². The van der Waals surface area contributed by atoms with E-state index in [-0.39, 0.29) is 12.3 Å². The quantitative estimate of drug-likeness (QED) is 0.742. The minimum absolute atomic E-state index is 0.0896. The maximum atomic E-state index is 11.9. The third-order valence-corrected chi connectivity index (χ3v) is 3.79. The maximum Gasteiger partial charge on any atom is 0.158 e. The first-order valence-electron chi connectivity index (χ1n) is 6.60. The number of carbonyl (C=O) groups excluding carboxylic acids is 1. The monoisotopic (exact) mass is 293 g/mol. The number of fused-ring (bicyclic) bond motifs is 1. The molecule has 3 rings (SSSR count). The maximum absolute atomic E-state index is 11.9. The van der Waals surface area contributed by atoms with E-state index >= 15 is 0 Å². The fraction of sp³-hybridized carbons (Fsp3) is 0.111. The Kier molecular flexibility index (Phi) is 3.60. The molecule has 1 aliphatic rings. The van der Waals surface area contributed by atoms with Crippen LogP contribution >= 0.6 is 11.6 Å². The zero-order chi connectivity index (χ0) is 14.8. The smallest absolute Gasteiger partial charge is 0.158 e. The summed E-state index contributed by atoms with van der Waals surface area (Å²) in [6.07, 6.45) is 5.85. The number of aliphatic imine (C=N–C) groups is 1. The number of halogens is 1. The van der Waals surface area contributed by atoms with Gasteiger partial charge in [0.2, 0.25) is 0 Å². The van der Waals surface area contributed by atoms with Crippen molar-refractivity contribution in [3.63, 3.8) is 0 Å². The summed E-state index contributed by atoms with van der Waals surface area (Å²) in [5.41, 5.74) is 4.16. The molecule has 102 valence electrons. The number of hydrogen-bond acceptors (Lipinski definition) is 2. The van der Waals surface area contributed by atoms with Crippen molar-refractivity contribution in [1.82, 2.24) is 0 Å². The van der Waals surface area contributed by atoms with Crippen LogP contribution in [0.3, 0.4) is 0 Å². The van der Waals surface area contributed by atoms with Crippen LogP contribution in [0, 0.1) is 12.3 Å². The second-order valence-corrected chi connectivity index (χ2v) is 5.28. The Morgan fingerprint density at radius 3 is 2.71 bits per heavy atom. The molecule has 0 N–H and O–H groups in total. The van der Waals surface area contributed by atoms with Crippen molar-refractivity contribution < 1.29 is 4.79 Å². The number of terminal acetylenes is 1. The molecular weight excluding hydrogens is 282 g/mol. The van der Waals surface area contributed by atoms with Crippen molar-refractivity contribution in [2.75, 3.05) is 6.54 Å². The third-order valence-electron chi connectivity index (χ3n) is 3.46. The first-order valence-corrected chi connectivity index (χ1v) is 6.98. The first-order chi connectivity index (χ1) is 10.2. The molecule has 0 saturated heterocycles. The van der Waals surface area contributed by atoms with Crippen LogP contribution < -0.4 is 0 Å². The van der Waals surface area contributed by atoms with Gasteiger partial charge >= 0.3 is 0 Å². The van der Waals surface area contributed by atoms with Gasteiger partial charge in [0.05, 0.1) is 12.3 Å². The molecule has 0 aromatic heterocycles. The minimum Gasteiger partial charge on any atom is -0.297 e. The predicted molar refractivity (Wildman–Crippen MR) is 85.0 cm³/mol. The van der Waals surface area contributed by atoms with Crippen LogP contribution in [0.5, 0.6) is 0 Å². The molecule has 0 unspecified atom stereocenters. The molecule has 2 aromatic rings. The molecule has 3 heteroatoms. The van der Waals surface area contributed by atoms with E-state index < -0.39 is 0 Å². The molecule has 0 radical (unpaired) electrons. The van der Waals surface area contributed by atoms with Crippen molar-refractivity contribution in [3.05, 3.63) is 69.7 Å². The van der Waals surface area contributed by atoms with E-state index in [0.717, 1.165) is 28.0 Å². The molecule has 0 spiro atoms. The fourth-order valence-electron chi connectivity index (χ4n) is 2.45. The largest absolute Gasteiger partial charge is 0.297 e. The Bertz CT molecular complexity index is 799. The molecule has 0 amide bonds. The van der Waals surface area contributed by atoms with Gasteiger partial charge in [0, 0.05) is 28.1 Å². The Balaban J connectivity index is 2.24. The van der Waals surface area contributed by atoms with E-state index in [1.807, 2.05) is 42.5 Å². The topological polar surface area (TPSA) is 29.4 Å². The zero-order valence-electron chi connectivity index (χ0n) is 11.3.